The van der Waals surface area contributed by atoms with Gasteiger partial charge in [0.1, 0.15) is 5.76 Å². The van der Waals surface area contributed by atoms with Crippen LogP contribution in [0.5, 0.6) is 0 Å². The highest BCUT2D eigenvalue weighted by molar-refractivity contribution is 6.00. The Morgan fingerprint density at radius 3 is 2.48 bits per heavy atom. The molecule has 0 unspecified atom stereocenters. The highest BCUT2D eigenvalue weighted by Crippen LogP contribution is 2.37. The predicted molar refractivity (Wildman–Crippen MR) is 105 cm³/mol. The topological polar surface area (TPSA) is 70.1 Å². The fourth-order valence-electron chi connectivity index (χ4n) is 3.15. The van der Waals surface area contributed by atoms with Crippen LogP contribution in [-0.4, -0.2) is 11.0 Å². The van der Waals surface area contributed by atoms with Crippen LogP contribution in [0.1, 0.15) is 11.5 Å². The quantitative estimate of drug-likeness (QED) is 0.373. The van der Waals surface area contributed by atoms with Gasteiger partial charge in [0.15, 0.2) is 0 Å². The van der Waals surface area contributed by atoms with Crippen molar-refractivity contribution in [2.45, 2.75) is 13.1 Å². The molecule has 0 fully saturated rings. The lowest BCUT2D eigenvalue weighted by molar-refractivity contribution is -0.152. The summed E-state index contributed by atoms with van der Waals surface area (Å²) in [5.74, 6) is -1.18. The summed E-state index contributed by atoms with van der Waals surface area (Å²) in [7, 11) is 0. The second kappa shape index (κ2) is 7.05. The van der Waals surface area contributed by atoms with Crippen LogP contribution in [0.3, 0.4) is 0 Å². The van der Waals surface area contributed by atoms with E-state index in [1.54, 1.807) is 12.1 Å². The maximum atomic E-state index is 13.0. The molecule has 4 rings (SSSR count). The lowest BCUT2D eigenvalue weighted by atomic mass is 10.0. The fourth-order valence-corrected chi connectivity index (χ4v) is 3.15. The molecule has 2 aromatic carbocycles. The van der Waals surface area contributed by atoms with Crippen molar-refractivity contribution in [3.63, 3.8) is 0 Å². The Morgan fingerprint density at radius 1 is 1.03 bits per heavy atom. The highest BCUT2D eigenvalue weighted by Gasteiger charge is 2.38. The first-order valence-electron chi connectivity index (χ1n) is 8.73. The first-order valence-corrected chi connectivity index (χ1v) is 8.73. The van der Waals surface area contributed by atoms with E-state index in [4.69, 9.17) is 0 Å². The predicted octanol–water partition coefficient (Wildman–Crippen LogP) is 6.40. The van der Waals surface area contributed by atoms with Gasteiger partial charge in [-0.25, -0.2) is 4.79 Å². The van der Waals surface area contributed by atoms with E-state index in [2.05, 4.69) is 20.0 Å². The van der Waals surface area contributed by atoms with Gasteiger partial charge in [0, 0.05) is 34.4 Å². The Morgan fingerprint density at radius 2 is 1.76 bits per heavy atom. The number of anilines is 2. The SMILES string of the molecule is Cc1cc(NC(=O)Nc2ccc(-c3c[nH]c4ccccc34)cc2)c(C(F)(F)F)o1. The summed E-state index contributed by atoms with van der Waals surface area (Å²) < 4.78 is 43.5. The number of amides is 2. The van der Waals surface area contributed by atoms with Crippen molar-refractivity contribution in [1.82, 2.24) is 4.98 Å². The third-order valence-corrected chi connectivity index (χ3v) is 4.40. The third kappa shape index (κ3) is 3.82. The van der Waals surface area contributed by atoms with Gasteiger partial charge in [-0.05, 0) is 30.7 Å². The molecule has 0 saturated carbocycles. The summed E-state index contributed by atoms with van der Waals surface area (Å²) in [5.41, 5.74) is 2.99. The number of hydrogen-bond acceptors (Lipinski definition) is 2. The number of nitrogens with one attached hydrogen (secondary N) is 3. The van der Waals surface area contributed by atoms with Crippen molar-refractivity contribution in [3.05, 3.63) is 72.3 Å². The monoisotopic (exact) mass is 399 g/mol. The van der Waals surface area contributed by atoms with Crippen LogP contribution in [0.4, 0.5) is 29.3 Å². The van der Waals surface area contributed by atoms with E-state index in [-0.39, 0.29) is 5.76 Å². The second-order valence-electron chi connectivity index (χ2n) is 6.50. The van der Waals surface area contributed by atoms with Gasteiger partial charge >= 0.3 is 12.2 Å². The number of furan rings is 1. The highest BCUT2D eigenvalue weighted by atomic mass is 19.4. The van der Waals surface area contributed by atoms with E-state index in [9.17, 15) is 18.0 Å². The first-order chi connectivity index (χ1) is 13.8. The summed E-state index contributed by atoms with van der Waals surface area (Å²) in [4.78, 5) is 15.3. The normalized spacial score (nSPS) is 11.6. The fraction of sp³-hybridized carbons (Fsp3) is 0.0952. The Labute approximate surface area is 163 Å². The van der Waals surface area contributed by atoms with E-state index < -0.39 is 23.7 Å². The van der Waals surface area contributed by atoms with Crippen molar-refractivity contribution < 1.29 is 22.4 Å². The van der Waals surface area contributed by atoms with Crippen LogP contribution in [0.2, 0.25) is 0 Å². The lowest BCUT2D eigenvalue weighted by Gasteiger charge is -2.09. The zero-order chi connectivity index (χ0) is 20.6. The number of hydrogen-bond donors (Lipinski definition) is 3. The molecule has 0 saturated heterocycles. The number of carbonyl (C=O) groups is 1. The number of rotatable bonds is 3. The Bertz CT molecular complexity index is 1170. The number of fused-ring (bicyclic) bond motifs is 1. The van der Waals surface area contributed by atoms with Crippen LogP contribution < -0.4 is 10.6 Å². The number of H-pyrrole nitrogens is 1. The van der Waals surface area contributed by atoms with Crippen LogP contribution in [0, 0.1) is 6.92 Å². The molecule has 0 aliphatic carbocycles. The molecule has 8 heteroatoms. The van der Waals surface area contributed by atoms with Crippen LogP contribution in [0.25, 0.3) is 22.0 Å². The Hall–Kier alpha value is -3.68. The zero-order valence-electron chi connectivity index (χ0n) is 15.2. The first kappa shape index (κ1) is 18.7. The van der Waals surface area contributed by atoms with E-state index in [1.165, 1.54) is 6.92 Å². The Balaban J connectivity index is 1.49. The molecule has 5 nitrogen and oxygen atoms in total. The molecule has 0 aliphatic heterocycles. The number of carbonyl (C=O) groups excluding carboxylic acids is 1. The maximum Gasteiger partial charge on any atom is 0.451 e. The number of aromatic amines is 1. The number of aromatic nitrogens is 1. The van der Waals surface area contributed by atoms with Gasteiger partial charge in [0.2, 0.25) is 5.76 Å². The number of para-hydroxylation sites is 1. The molecule has 0 spiro atoms. The molecule has 0 atom stereocenters. The minimum atomic E-state index is -4.70. The molecular formula is C21H16F3N3O2. The van der Waals surface area contributed by atoms with Gasteiger partial charge in [-0.1, -0.05) is 30.3 Å². The number of benzene rings is 2. The maximum absolute atomic E-state index is 13.0. The van der Waals surface area contributed by atoms with Crippen molar-refractivity contribution >= 4 is 28.3 Å². The number of aryl methyl sites for hydroxylation is 1. The van der Waals surface area contributed by atoms with Gasteiger partial charge in [0.05, 0.1) is 5.69 Å². The molecule has 3 N–H and O–H groups in total. The molecular weight excluding hydrogens is 383 g/mol. The smallest absolute Gasteiger partial charge is 0.451 e. The summed E-state index contributed by atoms with van der Waals surface area (Å²) in [6.45, 7) is 1.38. The van der Waals surface area contributed by atoms with Gasteiger partial charge in [-0.2, -0.15) is 13.2 Å². The average molecular weight is 399 g/mol. The van der Waals surface area contributed by atoms with Gasteiger partial charge in [-0.3, -0.25) is 0 Å². The van der Waals surface area contributed by atoms with E-state index in [0.29, 0.717) is 5.69 Å². The van der Waals surface area contributed by atoms with E-state index >= 15 is 0 Å². The van der Waals surface area contributed by atoms with E-state index in [0.717, 1.165) is 28.1 Å². The van der Waals surface area contributed by atoms with Gasteiger partial charge in [0.25, 0.3) is 0 Å². The Kier molecular flexibility index (Phi) is 4.54. The number of halogens is 3. The molecule has 0 bridgehead atoms. The molecule has 29 heavy (non-hydrogen) atoms. The molecule has 2 heterocycles. The largest absolute Gasteiger partial charge is 0.455 e. The number of alkyl halides is 3. The average Bonchev–Trinajstić information content (AvgIpc) is 3.25. The van der Waals surface area contributed by atoms with Crippen LogP contribution >= 0.6 is 0 Å². The second-order valence-corrected chi connectivity index (χ2v) is 6.50. The van der Waals surface area contributed by atoms with Crippen molar-refractivity contribution in [2.75, 3.05) is 10.6 Å². The summed E-state index contributed by atoms with van der Waals surface area (Å²) in [6.07, 6.45) is -2.79. The lowest BCUT2D eigenvalue weighted by Crippen LogP contribution is -2.21. The molecule has 0 radical (unpaired) electrons. The molecule has 2 amide bonds. The zero-order valence-corrected chi connectivity index (χ0v) is 15.2. The van der Waals surface area contributed by atoms with Crippen molar-refractivity contribution in [3.8, 4) is 11.1 Å². The molecule has 0 aliphatic rings. The molecule has 4 aromatic rings. The van der Waals surface area contributed by atoms with Crippen molar-refractivity contribution in [2.24, 2.45) is 0 Å². The molecule has 148 valence electrons. The summed E-state index contributed by atoms with van der Waals surface area (Å²) >= 11 is 0. The van der Waals surface area contributed by atoms with E-state index in [1.807, 2.05) is 42.6 Å². The number of urea groups is 1. The minimum Gasteiger partial charge on any atom is -0.455 e. The molecule has 2 aromatic heterocycles. The van der Waals surface area contributed by atoms with Crippen LogP contribution in [0.15, 0.2) is 65.2 Å². The summed E-state index contributed by atoms with van der Waals surface area (Å²) in [6, 6.07) is 15.2. The third-order valence-electron chi connectivity index (χ3n) is 4.40. The standard InChI is InChI=1S/C21H16F3N3O2/c1-12-10-18(19(29-12)21(22,23)24)27-20(28)26-14-8-6-13(7-9-14)16-11-25-17-5-3-2-4-15(16)17/h2-11,25H,1H3,(H2,26,27,28). The van der Waals surface area contributed by atoms with Crippen LogP contribution in [-0.2, 0) is 6.18 Å². The van der Waals surface area contributed by atoms with Crippen molar-refractivity contribution in [1.29, 1.82) is 0 Å². The summed E-state index contributed by atoms with van der Waals surface area (Å²) in [5, 5.41) is 5.78. The minimum absolute atomic E-state index is 0.0516. The van der Waals surface area contributed by atoms with Gasteiger partial charge in [-0.15, -0.1) is 0 Å². The van der Waals surface area contributed by atoms with Gasteiger partial charge < -0.3 is 20.0 Å².